The highest BCUT2D eigenvalue weighted by Gasteiger charge is 2.36. The first-order chi connectivity index (χ1) is 15.0. The lowest BCUT2D eigenvalue weighted by molar-refractivity contribution is -0.114. The standard InChI is InChI=1S/C23H13Cl2N3O2S/c24-17-8-6-14(10-18(17)25)20-9-7-15(30-20)11-16-21(26)28-19(13-4-2-1-3-5-13)12-31-23(28)27-22(16)29/h1-12,26H/b16-11+,26-21?. The lowest BCUT2D eigenvalue weighted by Gasteiger charge is -2.26. The number of fused-ring (bicyclic) bond motifs is 1. The number of benzene rings is 2. The van der Waals surface area contributed by atoms with E-state index in [0.717, 1.165) is 16.8 Å². The number of amidine groups is 2. The van der Waals surface area contributed by atoms with Gasteiger partial charge in [-0.1, -0.05) is 65.3 Å². The number of amides is 1. The van der Waals surface area contributed by atoms with E-state index in [0.29, 0.717) is 26.7 Å². The average molecular weight is 466 g/mol. The fraction of sp³-hybridized carbons (Fsp3) is 0. The Labute approximate surface area is 192 Å². The van der Waals surface area contributed by atoms with Gasteiger partial charge in [-0.15, -0.1) is 0 Å². The molecule has 0 saturated heterocycles. The third-order valence-electron chi connectivity index (χ3n) is 4.80. The first-order valence-corrected chi connectivity index (χ1v) is 10.9. The molecule has 152 valence electrons. The molecule has 0 atom stereocenters. The van der Waals surface area contributed by atoms with Crippen LogP contribution in [-0.2, 0) is 4.79 Å². The van der Waals surface area contributed by atoms with Gasteiger partial charge in [0.05, 0.1) is 21.3 Å². The van der Waals surface area contributed by atoms with Crippen LogP contribution in [0.1, 0.15) is 11.3 Å². The lowest BCUT2D eigenvalue weighted by Crippen LogP contribution is -2.37. The molecule has 0 bridgehead atoms. The molecule has 5 nitrogen and oxygen atoms in total. The van der Waals surface area contributed by atoms with E-state index in [1.807, 2.05) is 35.7 Å². The molecule has 2 aliphatic rings. The molecule has 2 aromatic carbocycles. The maximum absolute atomic E-state index is 12.6. The molecular formula is C23H13Cl2N3O2S. The summed E-state index contributed by atoms with van der Waals surface area (Å²) < 4.78 is 5.87. The van der Waals surface area contributed by atoms with Gasteiger partial charge in [0, 0.05) is 11.0 Å². The molecule has 0 spiro atoms. The van der Waals surface area contributed by atoms with Crippen LogP contribution in [0, 0.1) is 5.41 Å². The van der Waals surface area contributed by atoms with Gasteiger partial charge in [-0.25, -0.2) is 0 Å². The van der Waals surface area contributed by atoms with Crippen molar-refractivity contribution < 1.29 is 9.21 Å². The van der Waals surface area contributed by atoms with Crippen molar-refractivity contribution in [1.82, 2.24) is 4.90 Å². The summed E-state index contributed by atoms with van der Waals surface area (Å²) in [4.78, 5) is 18.5. The Bertz CT molecular complexity index is 1330. The summed E-state index contributed by atoms with van der Waals surface area (Å²) in [5, 5.41) is 11.9. The molecule has 0 unspecified atom stereocenters. The van der Waals surface area contributed by atoms with E-state index in [9.17, 15) is 4.79 Å². The number of carbonyl (C=O) groups is 1. The first kappa shape index (κ1) is 19.9. The number of rotatable bonds is 3. The molecule has 5 rings (SSSR count). The van der Waals surface area contributed by atoms with Gasteiger partial charge in [-0.05, 0) is 42.0 Å². The first-order valence-electron chi connectivity index (χ1n) is 9.22. The molecule has 3 aromatic rings. The smallest absolute Gasteiger partial charge is 0.283 e. The summed E-state index contributed by atoms with van der Waals surface area (Å²) in [6, 6.07) is 18.4. The third-order valence-corrected chi connectivity index (χ3v) is 6.37. The molecule has 0 radical (unpaired) electrons. The van der Waals surface area contributed by atoms with Gasteiger partial charge in [-0.3, -0.25) is 15.1 Å². The second-order valence-corrected chi connectivity index (χ2v) is 8.41. The molecule has 0 saturated carbocycles. The van der Waals surface area contributed by atoms with Gasteiger partial charge < -0.3 is 4.42 Å². The summed E-state index contributed by atoms with van der Waals surface area (Å²) in [6.45, 7) is 0. The zero-order chi connectivity index (χ0) is 21.5. The van der Waals surface area contributed by atoms with Gasteiger partial charge in [0.2, 0.25) is 0 Å². The van der Waals surface area contributed by atoms with Crippen molar-refractivity contribution in [1.29, 1.82) is 5.41 Å². The number of aliphatic imine (C=N–C) groups is 1. The van der Waals surface area contributed by atoms with E-state index < -0.39 is 5.91 Å². The number of halogens is 2. The Morgan fingerprint density at radius 2 is 1.81 bits per heavy atom. The topological polar surface area (TPSA) is 69.7 Å². The van der Waals surface area contributed by atoms with Crippen molar-refractivity contribution in [3.8, 4) is 11.3 Å². The normalized spacial score (nSPS) is 17.1. The van der Waals surface area contributed by atoms with Crippen molar-refractivity contribution in [3.05, 3.63) is 93.0 Å². The minimum Gasteiger partial charge on any atom is -0.457 e. The molecular weight excluding hydrogens is 453 g/mol. The van der Waals surface area contributed by atoms with E-state index in [-0.39, 0.29) is 11.4 Å². The Balaban J connectivity index is 1.48. The van der Waals surface area contributed by atoms with E-state index in [1.165, 1.54) is 17.8 Å². The van der Waals surface area contributed by atoms with E-state index >= 15 is 0 Å². The van der Waals surface area contributed by atoms with Crippen LogP contribution in [0.5, 0.6) is 0 Å². The number of nitrogens with one attached hydrogen (secondary N) is 1. The number of carbonyl (C=O) groups excluding carboxylic acids is 1. The summed E-state index contributed by atoms with van der Waals surface area (Å²) in [5.41, 5.74) is 2.67. The Hall–Kier alpha value is -3.06. The number of hydrogen-bond acceptors (Lipinski definition) is 4. The summed E-state index contributed by atoms with van der Waals surface area (Å²) >= 11 is 13.4. The molecule has 2 aliphatic heterocycles. The molecule has 1 aromatic heterocycles. The number of thioether (sulfide) groups is 1. The third kappa shape index (κ3) is 3.63. The Morgan fingerprint density at radius 3 is 2.58 bits per heavy atom. The highest BCUT2D eigenvalue weighted by Crippen LogP contribution is 2.37. The van der Waals surface area contributed by atoms with Crippen LogP contribution in [-0.4, -0.2) is 21.8 Å². The van der Waals surface area contributed by atoms with E-state index in [2.05, 4.69) is 4.99 Å². The van der Waals surface area contributed by atoms with Crippen LogP contribution >= 0.6 is 35.0 Å². The van der Waals surface area contributed by atoms with E-state index in [4.69, 9.17) is 33.0 Å². The number of furan rings is 1. The van der Waals surface area contributed by atoms with Crippen molar-refractivity contribution in [3.63, 3.8) is 0 Å². The molecule has 0 aliphatic carbocycles. The van der Waals surface area contributed by atoms with Crippen LogP contribution in [0.2, 0.25) is 10.0 Å². The van der Waals surface area contributed by atoms with Crippen LogP contribution in [0.3, 0.4) is 0 Å². The zero-order valence-electron chi connectivity index (χ0n) is 15.8. The van der Waals surface area contributed by atoms with Crippen molar-refractivity contribution in [2.45, 2.75) is 0 Å². The average Bonchev–Trinajstić information content (AvgIpc) is 3.41. The SMILES string of the molecule is N=C1/C(=C\c2ccc(-c3ccc(Cl)c(Cl)c3)o2)C(=O)N=C2SC=C(c3ccccc3)N12. The van der Waals surface area contributed by atoms with Gasteiger partial charge in [0.25, 0.3) is 5.91 Å². The molecule has 3 heterocycles. The predicted molar refractivity (Wildman–Crippen MR) is 126 cm³/mol. The molecule has 1 amide bonds. The van der Waals surface area contributed by atoms with Crippen LogP contribution in [0.25, 0.3) is 23.1 Å². The predicted octanol–water partition coefficient (Wildman–Crippen LogP) is 6.56. The maximum atomic E-state index is 12.6. The minimum absolute atomic E-state index is 0.0580. The van der Waals surface area contributed by atoms with Crippen molar-refractivity contribution >= 4 is 63.6 Å². The largest absolute Gasteiger partial charge is 0.457 e. The number of nitrogens with zero attached hydrogens (tertiary/aromatic N) is 2. The fourth-order valence-corrected chi connectivity index (χ4v) is 4.48. The van der Waals surface area contributed by atoms with Gasteiger partial charge in [-0.2, -0.15) is 4.99 Å². The van der Waals surface area contributed by atoms with Crippen molar-refractivity contribution in [2.75, 3.05) is 0 Å². The van der Waals surface area contributed by atoms with Crippen LogP contribution in [0.4, 0.5) is 0 Å². The molecule has 0 fully saturated rings. The quantitative estimate of drug-likeness (QED) is 0.444. The van der Waals surface area contributed by atoms with Crippen molar-refractivity contribution in [2.24, 2.45) is 4.99 Å². The summed E-state index contributed by atoms with van der Waals surface area (Å²) in [5.74, 6) is 0.595. The summed E-state index contributed by atoms with van der Waals surface area (Å²) in [6.07, 6.45) is 1.54. The monoisotopic (exact) mass is 465 g/mol. The van der Waals surface area contributed by atoms with Gasteiger partial charge >= 0.3 is 0 Å². The Kier molecular flexibility index (Phi) is 5.06. The summed E-state index contributed by atoms with van der Waals surface area (Å²) in [7, 11) is 0. The number of hydrogen-bond donors (Lipinski definition) is 1. The second kappa shape index (κ2) is 7.89. The van der Waals surface area contributed by atoms with Gasteiger partial charge in [0.15, 0.2) is 5.17 Å². The van der Waals surface area contributed by atoms with Crippen LogP contribution in [0.15, 0.2) is 81.1 Å². The molecule has 8 heteroatoms. The second-order valence-electron chi connectivity index (χ2n) is 6.76. The van der Waals surface area contributed by atoms with Gasteiger partial charge in [0.1, 0.15) is 17.4 Å². The highest BCUT2D eigenvalue weighted by atomic mass is 35.5. The minimum atomic E-state index is -0.473. The molecule has 1 N–H and O–H groups in total. The zero-order valence-corrected chi connectivity index (χ0v) is 18.1. The molecule has 31 heavy (non-hydrogen) atoms. The highest BCUT2D eigenvalue weighted by molar-refractivity contribution is 8.17. The lowest BCUT2D eigenvalue weighted by atomic mass is 10.1. The van der Waals surface area contributed by atoms with E-state index in [1.54, 1.807) is 35.2 Å². The van der Waals surface area contributed by atoms with Crippen LogP contribution < -0.4 is 0 Å². The maximum Gasteiger partial charge on any atom is 0.283 e. The Morgan fingerprint density at radius 1 is 1.00 bits per heavy atom. The fourth-order valence-electron chi connectivity index (χ4n) is 3.29.